The summed E-state index contributed by atoms with van der Waals surface area (Å²) in [5.41, 5.74) is 5.34. The van der Waals surface area contributed by atoms with E-state index >= 15 is 0 Å². The number of halogens is 1. The molecule has 1 aliphatic heterocycles. The second-order valence-electron chi connectivity index (χ2n) is 2.83. The van der Waals surface area contributed by atoms with Gasteiger partial charge in [0.2, 0.25) is 0 Å². The van der Waals surface area contributed by atoms with E-state index < -0.39 is 6.17 Å². The lowest BCUT2D eigenvalue weighted by atomic mass is 10.1. The first-order valence-corrected chi connectivity index (χ1v) is 3.89. The van der Waals surface area contributed by atoms with Gasteiger partial charge in [0.15, 0.2) is 0 Å². The summed E-state index contributed by atoms with van der Waals surface area (Å²) in [6.07, 6.45) is 1.11. The number of hydrogen-bond donors (Lipinski definition) is 1. The number of likely N-dealkylation sites (tertiary alicyclic amines) is 1. The highest BCUT2D eigenvalue weighted by Gasteiger charge is 2.17. The molecular formula is C7H15FN2. The quantitative estimate of drug-likeness (QED) is 0.610. The van der Waals surface area contributed by atoms with Crippen LogP contribution in [0.4, 0.5) is 4.39 Å². The molecule has 0 unspecified atom stereocenters. The molecule has 1 rings (SSSR count). The molecule has 60 valence electrons. The Kier molecular flexibility index (Phi) is 3.09. The SMILES string of the molecule is NCCN1CCC[C@H](F)C1. The van der Waals surface area contributed by atoms with Crippen molar-refractivity contribution in [3.8, 4) is 0 Å². The van der Waals surface area contributed by atoms with E-state index in [9.17, 15) is 4.39 Å². The fourth-order valence-electron chi connectivity index (χ4n) is 1.38. The van der Waals surface area contributed by atoms with Gasteiger partial charge in [-0.1, -0.05) is 0 Å². The Bertz CT molecular complexity index is 95.6. The standard InChI is InChI=1S/C7H15FN2/c8-7-2-1-4-10(6-7)5-3-9/h7H,1-6,9H2/t7-/m0/s1. The molecule has 0 aliphatic carbocycles. The molecule has 0 radical (unpaired) electrons. The second-order valence-corrected chi connectivity index (χ2v) is 2.83. The zero-order valence-electron chi connectivity index (χ0n) is 6.22. The highest BCUT2D eigenvalue weighted by atomic mass is 19.1. The fraction of sp³-hybridized carbons (Fsp3) is 1.00. The van der Waals surface area contributed by atoms with Crippen molar-refractivity contribution in [3.63, 3.8) is 0 Å². The average molecular weight is 146 g/mol. The van der Waals surface area contributed by atoms with Gasteiger partial charge in [0.1, 0.15) is 6.17 Å². The molecule has 0 aromatic rings. The van der Waals surface area contributed by atoms with E-state index in [1.54, 1.807) is 0 Å². The number of piperidine rings is 1. The topological polar surface area (TPSA) is 29.3 Å². The molecule has 0 saturated carbocycles. The van der Waals surface area contributed by atoms with Gasteiger partial charge in [-0.3, -0.25) is 4.90 Å². The van der Waals surface area contributed by atoms with Gasteiger partial charge in [-0.2, -0.15) is 0 Å². The van der Waals surface area contributed by atoms with E-state index in [-0.39, 0.29) is 0 Å². The molecule has 2 N–H and O–H groups in total. The minimum atomic E-state index is -0.611. The summed E-state index contributed by atoms with van der Waals surface area (Å²) >= 11 is 0. The van der Waals surface area contributed by atoms with Gasteiger partial charge in [0.05, 0.1) is 0 Å². The zero-order chi connectivity index (χ0) is 7.40. The lowest BCUT2D eigenvalue weighted by Crippen LogP contribution is -2.39. The number of hydrogen-bond acceptors (Lipinski definition) is 2. The average Bonchev–Trinajstić information content (AvgIpc) is 1.88. The molecule has 0 bridgehead atoms. The minimum Gasteiger partial charge on any atom is -0.329 e. The summed E-state index contributed by atoms with van der Waals surface area (Å²) in [5.74, 6) is 0. The third-order valence-corrected chi connectivity index (χ3v) is 1.89. The zero-order valence-corrected chi connectivity index (χ0v) is 6.22. The molecule has 0 aromatic heterocycles. The lowest BCUT2D eigenvalue weighted by molar-refractivity contribution is 0.142. The van der Waals surface area contributed by atoms with Crippen LogP contribution >= 0.6 is 0 Å². The summed E-state index contributed by atoms with van der Waals surface area (Å²) in [7, 11) is 0. The predicted octanol–water partition coefficient (Wildman–Crippen LogP) is 0.379. The summed E-state index contributed by atoms with van der Waals surface area (Å²) in [6, 6.07) is 0. The van der Waals surface area contributed by atoms with E-state index in [1.165, 1.54) is 0 Å². The van der Waals surface area contributed by atoms with Gasteiger partial charge >= 0.3 is 0 Å². The Morgan fingerprint density at radius 1 is 1.60 bits per heavy atom. The second kappa shape index (κ2) is 3.88. The van der Waals surface area contributed by atoms with Crippen molar-refractivity contribution >= 4 is 0 Å². The van der Waals surface area contributed by atoms with Crippen molar-refractivity contribution < 1.29 is 4.39 Å². The van der Waals surface area contributed by atoms with Crippen LogP contribution in [-0.4, -0.2) is 37.3 Å². The van der Waals surface area contributed by atoms with Crippen LogP contribution in [0.5, 0.6) is 0 Å². The normalized spacial score (nSPS) is 28.8. The molecule has 1 saturated heterocycles. The van der Waals surface area contributed by atoms with Crippen molar-refractivity contribution in [2.75, 3.05) is 26.2 Å². The highest BCUT2D eigenvalue weighted by Crippen LogP contribution is 2.11. The summed E-state index contributed by atoms with van der Waals surface area (Å²) in [5, 5.41) is 0. The largest absolute Gasteiger partial charge is 0.329 e. The monoisotopic (exact) mass is 146 g/mol. The summed E-state index contributed by atoms with van der Waals surface area (Å²) < 4.78 is 12.7. The lowest BCUT2D eigenvalue weighted by Gasteiger charge is -2.28. The molecule has 1 aliphatic rings. The van der Waals surface area contributed by atoms with Gasteiger partial charge in [0.25, 0.3) is 0 Å². The van der Waals surface area contributed by atoms with Crippen molar-refractivity contribution in [2.45, 2.75) is 19.0 Å². The van der Waals surface area contributed by atoms with Gasteiger partial charge < -0.3 is 5.73 Å². The first-order chi connectivity index (χ1) is 4.83. The number of nitrogens with zero attached hydrogens (tertiary/aromatic N) is 1. The Morgan fingerprint density at radius 3 is 3.00 bits per heavy atom. The molecule has 1 fully saturated rings. The van der Waals surface area contributed by atoms with Crippen LogP contribution in [-0.2, 0) is 0 Å². The molecule has 0 spiro atoms. The third kappa shape index (κ3) is 2.23. The van der Waals surface area contributed by atoms with Gasteiger partial charge in [-0.05, 0) is 19.4 Å². The van der Waals surface area contributed by atoms with Crippen molar-refractivity contribution in [2.24, 2.45) is 5.73 Å². The Balaban J connectivity index is 2.18. The van der Waals surface area contributed by atoms with Crippen LogP contribution < -0.4 is 5.73 Å². The molecule has 10 heavy (non-hydrogen) atoms. The summed E-state index contributed by atoms with van der Waals surface area (Å²) in [6.45, 7) is 3.11. The first kappa shape index (κ1) is 7.95. The maximum Gasteiger partial charge on any atom is 0.113 e. The molecule has 1 heterocycles. The fourth-order valence-corrected chi connectivity index (χ4v) is 1.38. The van der Waals surface area contributed by atoms with Crippen LogP contribution in [0.25, 0.3) is 0 Å². The Morgan fingerprint density at radius 2 is 2.40 bits per heavy atom. The van der Waals surface area contributed by atoms with Crippen LogP contribution in [0, 0.1) is 0 Å². The van der Waals surface area contributed by atoms with E-state index in [0.29, 0.717) is 13.1 Å². The van der Waals surface area contributed by atoms with E-state index in [1.807, 2.05) is 0 Å². The molecule has 1 atom stereocenters. The van der Waals surface area contributed by atoms with Crippen LogP contribution in [0.1, 0.15) is 12.8 Å². The Labute approximate surface area is 61.2 Å². The third-order valence-electron chi connectivity index (χ3n) is 1.89. The first-order valence-electron chi connectivity index (χ1n) is 3.89. The van der Waals surface area contributed by atoms with Crippen LogP contribution in [0.2, 0.25) is 0 Å². The molecule has 2 nitrogen and oxygen atoms in total. The van der Waals surface area contributed by atoms with Gasteiger partial charge in [-0.15, -0.1) is 0 Å². The van der Waals surface area contributed by atoms with E-state index in [2.05, 4.69) is 4.90 Å². The smallest absolute Gasteiger partial charge is 0.113 e. The number of rotatable bonds is 2. The summed E-state index contributed by atoms with van der Waals surface area (Å²) in [4.78, 5) is 2.09. The number of nitrogens with two attached hydrogens (primary N) is 1. The molecule has 0 amide bonds. The minimum absolute atomic E-state index is 0.594. The Hall–Kier alpha value is -0.150. The van der Waals surface area contributed by atoms with Gasteiger partial charge in [-0.25, -0.2) is 4.39 Å². The predicted molar refractivity (Wildman–Crippen MR) is 39.6 cm³/mol. The van der Waals surface area contributed by atoms with Crippen LogP contribution in [0.3, 0.4) is 0 Å². The van der Waals surface area contributed by atoms with E-state index in [0.717, 1.165) is 25.9 Å². The van der Waals surface area contributed by atoms with Crippen molar-refractivity contribution in [3.05, 3.63) is 0 Å². The number of alkyl halides is 1. The molecule has 3 heteroatoms. The van der Waals surface area contributed by atoms with Crippen molar-refractivity contribution in [1.82, 2.24) is 4.90 Å². The van der Waals surface area contributed by atoms with Crippen molar-refractivity contribution in [1.29, 1.82) is 0 Å². The maximum atomic E-state index is 12.7. The van der Waals surface area contributed by atoms with Crippen LogP contribution in [0.15, 0.2) is 0 Å². The highest BCUT2D eigenvalue weighted by molar-refractivity contribution is 4.71. The maximum absolute atomic E-state index is 12.7. The van der Waals surface area contributed by atoms with E-state index in [4.69, 9.17) is 5.73 Å². The molecular weight excluding hydrogens is 131 g/mol. The van der Waals surface area contributed by atoms with Gasteiger partial charge in [0, 0.05) is 19.6 Å². The molecule has 0 aromatic carbocycles.